The molecule has 1 atom stereocenters. The van der Waals surface area contributed by atoms with Gasteiger partial charge in [-0.2, -0.15) is 13.3 Å². The van der Waals surface area contributed by atoms with Gasteiger partial charge in [0.05, 0.1) is 6.42 Å². The van der Waals surface area contributed by atoms with E-state index in [0.717, 1.165) is 38.5 Å². The van der Waals surface area contributed by atoms with Gasteiger partial charge in [0.2, 0.25) is 0 Å². The van der Waals surface area contributed by atoms with Gasteiger partial charge in [-0.25, -0.2) is 4.79 Å². The average Bonchev–Trinajstić information content (AvgIpc) is 2.69. The molecular weight excluding hydrogens is 470 g/mol. The number of carboxylic acids is 1. The average molecular weight is 515 g/mol. The molecule has 0 saturated heterocycles. The molecule has 0 aromatic carbocycles. The summed E-state index contributed by atoms with van der Waals surface area (Å²) in [6.45, 7) is 6.13. The standard InChI is InChI=1S/C22H42O8S.2Na.2H/c1-4-6-8-10-12-14-16-22(3,17-15-13-11-9-7-5-2)30-29-21(25)19(18-20(23)24)31(26,27)28;;;;/h19H,4-18H2,1-3H3,(H,23,24)(H,26,27,28);;;;. The molecule has 0 radical (unpaired) electrons. The van der Waals surface area contributed by atoms with Crippen LogP contribution in [0.2, 0.25) is 0 Å². The predicted molar refractivity (Wildman–Crippen MR) is 133 cm³/mol. The number of carbonyl (C=O) groups is 2. The van der Waals surface area contributed by atoms with Crippen molar-refractivity contribution in [3.8, 4) is 0 Å². The summed E-state index contributed by atoms with van der Waals surface area (Å²) in [7, 11) is -4.92. The fourth-order valence-corrected chi connectivity index (χ4v) is 4.07. The quantitative estimate of drug-likeness (QED) is 0.0815. The number of carbonyl (C=O) groups excluding carboxylic acids is 1. The third kappa shape index (κ3) is 20.7. The van der Waals surface area contributed by atoms with Gasteiger partial charge >= 0.3 is 71.1 Å². The molecule has 1 unspecified atom stereocenters. The first-order chi connectivity index (χ1) is 14.6. The van der Waals surface area contributed by atoms with Crippen LogP contribution in [0.15, 0.2) is 0 Å². The van der Waals surface area contributed by atoms with E-state index in [1.807, 2.05) is 6.92 Å². The second-order valence-corrected chi connectivity index (χ2v) is 10.2. The van der Waals surface area contributed by atoms with E-state index in [-0.39, 0.29) is 59.1 Å². The van der Waals surface area contributed by atoms with Crippen LogP contribution in [-0.4, -0.2) is 100.0 Å². The molecule has 0 fully saturated rings. The molecule has 8 nitrogen and oxygen atoms in total. The first-order valence-electron chi connectivity index (χ1n) is 11.6. The Labute approximate surface area is 244 Å². The van der Waals surface area contributed by atoms with Gasteiger partial charge in [0.25, 0.3) is 10.1 Å². The predicted octanol–water partition coefficient (Wildman–Crippen LogP) is 4.16. The van der Waals surface area contributed by atoms with Crippen LogP contribution < -0.4 is 0 Å². The molecule has 188 valence electrons. The Morgan fingerprint density at radius 3 is 1.58 bits per heavy atom. The zero-order valence-electron chi connectivity index (χ0n) is 19.4. The molecule has 0 bridgehead atoms. The monoisotopic (exact) mass is 514 g/mol. The molecule has 11 heteroatoms. The number of rotatable bonds is 20. The van der Waals surface area contributed by atoms with Crippen molar-refractivity contribution < 1.29 is 37.4 Å². The van der Waals surface area contributed by atoms with Gasteiger partial charge in [-0.15, -0.1) is 0 Å². The number of unbranched alkanes of at least 4 members (excludes halogenated alkanes) is 10. The summed E-state index contributed by atoms with van der Waals surface area (Å²) >= 11 is 0. The summed E-state index contributed by atoms with van der Waals surface area (Å²) in [5.41, 5.74) is -0.793. The summed E-state index contributed by atoms with van der Waals surface area (Å²) in [6.07, 6.45) is 13.3. The van der Waals surface area contributed by atoms with Gasteiger partial charge in [0.15, 0.2) is 5.25 Å². The third-order valence-electron chi connectivity index (χ3n) is 5.43. The molecule has 2 N–H and O–H groups in total. The van der Waals surface area contributed by atoms with Crippen LogP contribution in [-0.2, 0) is 29.5 Å². The Kier molecular flexibility index (Phi) is 25.6. The van der Waals surface area contributed by atoms with E-state index in [1.54, 1.807) is 0 Å². The summed E-state index contributed by atoms with van der Waals surface area (Å²) in [4.78, 5) is 33.1. The van der Waals surface area contributed by atoms with Crippen molar-refractivity contribution >= 4 is 81.2 Å². The second kappa shape index (κ2) is 22.0. The van der Waals surface area contributed by atoms with Crippen molar-refractivity contribution in [2.75, 3.05) is 0 Å². The van der Waals surface area contributed by atoms with Crippen molar-refractivity contribution in [1.29, 1.82) is 0 Å². The van der Waals surface area contributed by atoms with Crippen molar-refractivity contribution in [2.24, 2.45) is 0 Å². The SMILES string of the molecule is CCCCCCCCC(C)(CCCCCCCC)OOC(=O)C(CC(=O)O)S(=O)(=O)O.[NaH].[NaH]. The van der Waals surface area contributed by atoms with E-state index >= 15 is 0 Å². The van der Waals surface area contributed by atoms with Gasteiger partial charge in [-0.05, 0) is 19.8 Å². The van der Waals surface area contributed by atoms with Gasteiger partial charge in [0.1, 0.15) is 5.60 Å². The molecule has 0 saturated carbocycles. The van der Waals surface area contributed by atoms with Crippen LogP contribution in [0.5, 0.6) is 0 Å². The molecule has 33 heavy (non-hydrogen) atoms. The summed E-state index contributed by atoms with van der Waals surface area (Å²) < 4.78 is 31.9. The first kappa shape index (κ1) is 38.3. The maximum absolute atomic E-state index is 12.1. The molecular formula is C22H44Na2O8S. The minimum atomic E-state index is -4.92. The molecule has 0 aromatic rings. The Morgan fingerprint density at radius 2 is 1.21 bits per heavy atom. The van der Waals surface area contributed by atoms with E-state index < -0.39 is 39.3 Å². The van der Waals surface area contributed by atoms with Crippen LogP contribution in [0.25, 0.3) is 0 Å². The van der Waals surface area contributed by atoms with Crippen LogP contribution in [0.3, 0.4) is 0 Å². The zero-order valence-corrected chi connectivity index (χ0v) is 20.3. The Hall–Kier alpha value is 0.810. The number of hydrogen-bond donors (Lipinski definition) is 2. The molecule has 0 spiro atoms. The second-order valence-electron chi connectivity index (χ2n) is 8.57. The molecule has 0 rings (SSSR count). The van der Waals surface area contributed by atoms with Crippen LogP contribution in [0.1, 0.15) is 117 Å². The fourth-order valence-electron chi connectivity index (χ4n) is 3.43. The van der Waals surface area contributed by atoms with Crippen molar-refractivity contribution in [3.05, 3.63) is 0 Å². The van der Waals surface area contributed by atoms with Gasteiger partial charge < -0.3 is 5.11 Å². The van der Waals surface area contributed by atoms with E-state index in [2.05, 4.69) is 13.8 Å². The van der Waals surface area contributed by atoms with Crippen LogP contribution in [0, 0.1) is 0 Å². The molecule has 0 heterocycles. The Bertz CT molecular complexity index is 598. The number of carboxylic acid groups (broad SMARTS) is 1. The van der Waals surface area contributed by atoms with Crippen molar-refractivity contribution in [2.45, 2.75) is 128 Å². The number of hydrogen-bond acceptors (Lipinski definition) is 6. The van der Waals surface area contributed by atoms with E-state index in [0.29, 0.717) is 12.8 Å². The first-order valence-corrected chi connectivity index (χ1v) is 13.1. The van der Waals surface area contributed by atoms with E-state index in [1.165, 1.54) is 38.5 Å². The normalized spacial score (nSPS) is 12.4. The fraction of sp³-hybridized carbons (Fsp3) is 0.909. The van der Waals surface area contributed by atoms with Crippen LogP contribution in [0.4, 0.5) is 0 Å². The van der Waals surface area contributed by atoms with Crippen molar-refractivity contribution in [3.63, 3.8) is 0 Å². The molecule has 0 aliphatic rings. The number of aliphatic carboxylic acids is 1. The topological polar surface area (TPSA) is 127 Å². The summed E-state index contributed by atoms with van der Waals surface area (Å²) in [5, 5.41) is 6.60. The van der Waals surface area contributed by atoms with Gasteiger partial charge in [-0.1, -0.05) is 90.9 Å². The summed E-state index contributed by atoms with van der Waals surface area (Å²) in [5.74, 6) is -2.96. The van der Waals surface area contributed by atoms with Gasteiger partial charge in [-0.3, -0.25) is 14.2 Å². The Morgan fingerprint density at radius 1 is 0.818 bits per heavy atom. The van der Waals surface area contributed by atoms with Gasteiger partial charge in [0, 0.05) is 0 Å². The summed E-state index contributed by atoms with van der Waals surface area (Å²) in [6, 6.07) is 0. The zero-order chi connectivity index (χ0) is 23.8. The van der Waals surface area contributed by atoms with E-state index in [4.69, 9.17) is 19.4 Å². The third-order valence-corrected chi connectivity index (χ3v) is 6.50. The van der Waals surface area contributed by atoms with Crippen LogP contribution >= 0.6 is 0 Å². The van der Waals surface area contributed by atoms with Crippen molar-refractivity contribution in [1.82, 2.24) is 0 Å². The van der Waals surface area contributed by atoms with E-state index in [9.17, 15) is 18.0 Å². The molecule has 0 aliphatic carbocycles. The minimum absolute atomic E-state index is 0. The molecule has 0 aromatic heterocycles. The Balaban J connectivity index is -0.00000450. The molecule has 0 amide bonds. The molecule has 0 aliphatic heterocycles. The maximum atomic E-state index is 12.1.